The number of hydrogen-bond donors (Lipinski definition) is 1. The van der Waals surface area contributed by atoms with Gasteiger partial charge in [-0.05, 0) is 35.2 Å². The molecule has 100 valence electrons. The summed E-state index contributed by atoms with van der Waals surface area (Å²) in [6.45, 7) is 0. The molecular formula is C16H11BrFNO. The van der Waals surface area contributed by atoms with Crippen LogP contribution in [0.15, 0.2) is 59.3 Å². The average Bonchev–Trinajstić information content (AvgIpc) is 2.48. The van der Waals surface area contributed by atoms with Crippen LogP contribution in [0.5, 0.6) is 0 Å². The molecule has 0 aliphatic heterocycles. The maximum Gasteiger partial charge on any atom is 0.129 e. The van der Waals surface area contributed by atoms with Gasteiger partial charge in [0.2, 0.25) is 0 Å². The van der Waals surface area contributed by atoms with E-state index >= 15 is 0 Å². The van der Waals surface area contributed by atoms with Gasteiger partial charge in [-0.2, -0.15) is 0 Å². The molecule has 20 heavy (non-hydrogen) atoms. The molecule has 0 aliphatic carbocycles. The third-order valence-electron chi connectivity index (χ3n) is 3.26. The van der Waals surface area contributed by atoms with Gasteiger partial charge in [0, 0.05) is 27.8 Å². The van der Waals surface area contributed by atoms with Crippen LogP contribution in [0.1, 0.15) is 17.2 Å². The molecule has 2 aromatic carbocycles. The van der Waals surface area contributed by atoms with E-state index in [1.165, 1.54) is 6.07 Å². The third-order valence-corrected chi connectivity index (χ3v) is 3.75. The van der Waals surface area contributed by atoms with Crippen LogP contribution in [0.25, 0.3) is 10.8 Å². The van der Waals surface area contributed by atoms with E-state index in [4.69, 9.17) is 0 Å². The number of benzene rings is 2. The summed E-state index contributed by atoms with van der Waals surface area (Å²) in [5.41, 5.74) is 0.922. The first-order valence-corrected chi connectivity index (χ1v) is 6.92. The van der Waals surface area contributed by atoms with Crippen LogP contribution in [-0.2, 0) is 0 Å². The van der Waals surface area contributed by atoms with E-state index < -0.39 is 11.9 Å². The van der Waals surface area contributed by atoms with Crippen molar-refractivity contribution in [3.8, 4) is 0 Å². The Morgan fingerprint density at radius 3 is 2.80 bits per heavy atom. The lowest BCUT2D eigenvalue weighted by Crippen LogP contribution is -2.03. The highest BCUT2D eigenvalue weighted by Crippen LogP contribution is 2.31. The lowest BCUT2D eigenvalue weighted by molar-refractivity contribution is 0.216. The molecule has 0 spiro atoms. The predicted molar refractivity (Wildman–Crippen MR) is 79.9 cm³/mol. The van der Waals surface area contributed by atoms with Crippen molar-refractivity contribution in [2.24, 2.45) is 0 Å². The molecule has 1 unspecified atom stereocenters. The van der Waals surface area contributed by atoms with Crippen LogP contribution < -0.4 is 0 Å². The topological polar surface area (TPSA) is 33.1 Å². The average molecular weight is 332 g/mol. The summed E-state index contributed by atoms with van der Waals surface area (Å²) in [7, 11) is 0. The minimum atomic E-state index is -1.02. The van der Waals surface area contributed by atoms with Gasteiger partial charge in [0.1, 0.15) is 11.9 Å². The van der Waals surface area contributed by atoms with Crippen LogP contribution in [0.2, 0.25) is 0 Å². The number of aliphatic hydroxyl groups excluding tert-OH is 1. The van der Waals surface area contributed by atoms with Crippen molar-refractivity contribution in [3.63, 3.8) is 0 Å². The SMILES string of the molecule is OC(c1cc(Br)ccc1F)c1cccc2cnccc12. The molecule has 1 atom stereocenters. The number of nitrogens with zero attached hydrogens (tertiary/aromatic N) is 1. The lowest BCUT2D eigenvalue weighted by atomic mass is 9.96. The highest BCUT2D eigenvalue weighted by atomic mass is 79.9. The fraction of sp³-hybridized carbons (Fsp3) is 0.0625. The Kier molecular flexibility index (Phi) is 3.51. The van der Waals surface area contributed by atoms with Crippen LogP contribution in [0.3, 0.4) is 0 Å². The Hall–Kier alpha value is -1.78. The number of aliphatic hydroxyl groups is 1. The molecule has 0 saturated carbocycles. The standard InChI is InChI=1S/C16H11BrFNO/c17-11-4-5-15(18)14(8-11)16(20)13-3-1-2-10-9-19-7-6-12(10)13/h1-9,16,20H. The molecule has 1 aromatic heterocycles. The van der Waals surface area contributed by atoms with Crippen molar-refractivity contribution in [3.05, 3.63) is 76.3 Å². The van der Waals surface area contributed by atoms with Crippen molar-refractivity contribution >= 4 is 26.7 Å². The smallest absolute Gasteiger partial charge is 0.129 e. The van der Waals surface area contributed by atoms with Crippen molar-refractivity contribution in [1.82, 2.24) is 4.98 Å². The van der Waals surface area contributed by atoms with Crippen LogP contribution >= 0.6 is 15.9 Å². The second kappa shape index (κ2) is 5.31. The molecule has 1 N–H and O–H groups in total. The summed E-state index contributed by atoms with van der Waals surface area (Å²) in [6, 6.07) is 11.9. The quantitative estimate of drug-likeness (QED) is 0.762. The Morgan fingerprint density at radius 1 is 1.10 bits per heavy atom. The molecule has 0 saturated heterocycles. The molecule has 0 radical (unpaired) electrons. The van der Waals surface area contributed by atoms with Gasteiger partial charge in [0.25, 0.3) is 0 Å². The van der Waals surface area contributed by atoms with Gasteiger partial charge in [-0.15, -0.1) is 0 Å². The van der Waals surface area contributed by atoms with E-state index in [0.29, 0.717) is 5.56 Å². The Morgan fingerprint density at radius 2 is 1.95 bits per heavy atom. The van der Waals surface area contributed by atoms with Crippen LogP contribution in [-0.4, -0.2) is 10.1 Å². The zero-order valence-corrected chi connectivity index (χ0v) is 12.0. The maximum atomic E-state index is 13.9. The van der Waals surface area contributed by atoms with Crippen molar-refractivity contribution in [1.29, 1.82) is 0 Å². The molecule has 2 nitrogen and oxygen atoms in total. The molecule has 0 aliphatic rings. The van der Waals surface area contributed by atoms with E-state index in [1.807, 2.05) is 18.2 Å². The zero-order chi connectivity index (χ0) is 14.1. The Bertz CT molecular complexity index is 770. The fourth-order valence-corrected chi connectivity index (χ4v) is 2.66. The van der Waals surface area contributed by atoms with Crippen molar-refractivity contribution in [2.75, 3.05) is 0 Å². The second-order valence-electron chi connectivity index (χ2n) is 4.51. The number of hydrogen-bond acceptors (Lipinski definition) is 2. The zero-order valence-electron chi connectivity index (χ0n) is 10.4. The highest BCUT2D eigenvalue weighted by molar-refractivity contribution is 9.10. The first-order valence-electron chi connectivity index (χ1n) is 6.12. The van der Waals surface area contributed by atoms with E-state index in [2.05, 4.69) is 20.9 Å². The molecule has 4 heteroatoms. The number of halogens is 2. The second-order valence-corrected chi connectivity index (χ2v) is 5.43. The van der Waals surface area contributed by atoms with Gasteiger partial charge >= 0.3 is 0 Å². The van der Waals surface area contributed by atoms with E-state index in [1.54, 1.807) is 30.6 Å². The van der Waals surface area contributed by atoms with Crippen LogP contribution in [0.4, 0.5) is 4.39 Å². The Balaban J connectivity index is 2.17. The summed E-state index contributed by atoms with van der Waals surface area (Å²) in [5.74, 6) is -0.424. The summed E-state index contributed by atoms with van der Waals surface area (Å²) in [5, 5.41) is 12.3. The molecule has 3 aromatic rings. The maximum absolute atomic E-state index is 13.9. The summed E-state index contributed by atoms with van der Waals surface area (Å²) < 4.78 is 14.6. The van der Waals surface area contributed by atoms with Gasteiger partial charge in [0.05, 0.1) is 0 Å². The molecule has 3 rings (SSSR count). The molecule has 0 amide bonds. The number of pyridine rings is 1. The molecule has 1 heterocycles. The summed E-state index contributed by atoms with van der Waals surface area (Å²) >= 11 is 3.30. The minimum Gasteiger partial charge on any atom is -0.384 e. The van der Waals surface area contributed by atoms with Crippen molar-refractivity contribution < 1.29 is 9.50 Å². The normalized spacial score (nSPS) is 12.6. The summed E-state index contributed by atoms with van der Waals surface area (Å²) in [4.78, 5) is 4.05. The minimum absolute atomic E-state index is 0.253. The predicted octanol–water partition coefficient (Wildman–Crippen LogP) is 4.22. The molecule has 0 bridgehead atoms. The lowest BCUT2D eigenvalue weighted by Gasteiger charge is -2.15. The van der Waals surface area contributed by atoms with E-state index in [0.717, 1.165) is 15.2 Å². The summed E-state index contributed by atoms with van der Waals surface area (Å²) in [6.07, 6.45) is 2.37. The number of rotatable bonds is 2. The number of fused-ring (bicyclic) bond motifs is 1. The number of aromatic nitrogens is 1. The van der Waals surface area contributed by atoms with Gasteiger partial charge in [-0.3, -0.25) is 4.98 Å². The van der Waals surface area contributed by atoms with Gasteiger partial charge in [-0.1, -0.05) is 34.1 Å². The third kappa shape index (κ3) is 2.32. The Labute approximate surface area is 124 Å². The first kappa shape index (κ1) is 13.2. The first-order chi connectivity index (χ1) is 9.66. The largest absolute Gasteiger partial charge is 0.384 e. The van der Waals surface area contributed by atoms with Gasteiger partial charge in [-0.25, -0.2) is 4.39 Å². The van der Waals surface area contributed by atoms with Gasteiger partial charge in [0.15, 0.2) is 0 Å². The highest BCUT2D eigenvalue weighted by Gasteiger charge is 2.17. The fourth-order valence-electron chi connectivity index (χ4n) is 2.28. The van der Waals surface area contributed by atoms with Crippen LogP contribution in [0, 0.1) is 5.82 Å². The van der Waals surface area contributed by atoms with Crippen molar-refractivity contribution in [2.45, 2.75) is 6.10 Å². The monoisotopic (exact) mass is 331 g/mol. The van der Waals surface area contributed by atoms with E-state index in [9.17, 15) is 9.50 Å². The molecular weight excluding hydrogens is 321 g/mol. The van der Waals surface area contributed by atoms with Gasteiger partial charge < -0.3 is 5.11 Å². The van der Waals surface area contributed by atoms with E-state index in [-0.39, 0.29) is 5.56 Å². The molecule has 0 fully saturated rings.